The molecule has 0 spiro atoms. The van der Waals surface area contributed by atoms with Gasteiger partial charge in [-0.05, 0) is 13.0 Å². The highest BCUT2D eigenvalue weighted by atomic mass is 16.6. The Bertz CT molecular complexity index is 560. The van der Waals surface area contributed by atoms with Gasteiger partial charge >= 0.3 is 12.0 Å². The zero-order valence-electron chi connectivity index (χ0n) is 11.2. The largest absolute Gasteiger partial charge is 0.480 e. The van der Waals surface area contributed by atoms with E-state index in [4.69, 9.17) is 10.2 Å². The van der Waals surface area contributed by atoms with E-state index in [9.17, 15) is 19.7 Å². The number of carbonyl (C=O) groups excluding carboxylic acids is 1. The van der Waals surface area contributed by atoms with Crippen LogP contribution in [0.15, 0.2) is 18.2 Å². The number of nitrogens with one attached hydrogen (secondary N) is 2. The summed E-state index contributed by atoms with van der Waals surface area (Å²) in [5.74, 6) is -1.28. The number of hydrogen-bond acceptors (Lipinski definition) is 5. The number of hydrogen-bond donors (Lipinski definition) is 4. The Morgan fingerprint density at radius 2 is 2.10 bits per heavy atom. The maximum atomic E-state index is 11.7. The van der Waals surface area contributed by atoms with Gasteiger partial charge in [0.2, 0.25) is 0 Å². The number of aliphatic carboxylic acids is 1. The second-order valence-electron chi connectivity index (χ2n) is 4.21. The van der Waals surface area contributed by atoms with Crippen LogP contribution in [-0.2, 0) is 4.79 Å². The molecule has 0 fully saturated rings. The predicted octanol–water partition coefficient (Wildman–Crippen LogP) is 0.860. The number of nitro groups is 1. The molecule has 114 valence electrons. The van der Waals surface area contributed by atoms with Gasteiger partial charge in [-0.25, -0.2) is 9.59 Å². The van der Waals surface area contributed by atoms with Crippen LogP contribution >= 0.6 is 0 Å². The van der Waals surface area contributed by atoms with Crippen LogP contribution in [0, 0.1) is 17.0 Å². The van der Waals surface area contributed by atoms with Crippen molar-refractivity contribution in [2.24, 2.45) is 0 Å². The number of anilines is 1. The van der Waals surface area contributed by atoms with Gasteiger partial charge in [0.25, 0.3) is 5.69 Å². The fraction of sp³-hybridized carbons (Fsp3) is 0.333. The first-order chi connectivity index (χ1) is 9.86. The molecule has 2 amide bonds. The molecule has 0 saturated carbocycles. The molecule has 0 aliphatic heterocycles. The van der Waals surface area contributed by atoms with Gasteiger partial charge in [0.05, 0.1) is 16.2 Å². The van der Waals surface area contributed by atoms with Crippen LogP contribution in [0.2, 0.25) is 0 Å². The van der Waals surface area contributed by atoms with Gasteiger partial charge in [-0.15, -0.1) is 0 Å². The van der Waals surface area contributed by atoms with E-state index < -0.39 is 29.6 Å². The third-order valence-electron chi connectivity index (χ3n) is 2.77. The summed E-state index contributed by atoms with van der Waals surface area (Å²) in [7, 11) is 0. The first-order valence-electron chi connectivity index (χ1n) is 6.02. The molecule has 0 saturated heterocycles. The van der Waals surface area contributed by atoms with Crippen LogP contribution < -0.4 is 10.6 Å². The van der Waals surface area contributed by atoms with Gasteiger partial charge in [0.15, 0.2) is 0 Å². The Morgan fingerprint density at radius 1 is 1.43 bits per heavy atom. The molecule has 1 atom stereocenters. The Kier molecular flexibility index (Phi) is 5.61. The minimum atomic E-state index is -1.28. The van der Waals surface area contributed by atoms with Crippen molar-refractivity contribution in [2.45, 2.75) is 19.4 Å². The average molecular weight is 297 g/mol. The molecule has 21 heavy (non-hydrogen) atoms. The van der Waals surface area contributed by atoms with E-state index in [1.165, 1.54) is 25.1 Å². The number of carbonyl (C=O) groups is 2. The zero-order valence-corrected chi connectivity index (χ0v) is 11.2. The van der Waals surface area contributed by atoms with Crippen molar-refractivity contribution in [1.29, 1.82) is 0 Å². The molecule has 9 nitrogen and oxygen atoms in total. The maximum Gasteiger partial charge on any atom is 0.326 e. The van der Waals surface area contributed by atoms with Crippen molar-refractivity contribution in [3.8, 4) is 0 Å². The third kappa shape index (κ3) is 4.42. The predicted molar refractivity (Wildman–Crippen MR) is 73.1 cm³/mol. The molecule has 0 bridgehead atoms. The summed E-state index contributed by atoms with van der Waals surface area (Å²) in [6, 6.07) is 2.10. The van der Waals surface area contributed by atoms with E-state index in [0.717, 1.165) is 0 Å². The van der Waals surface area contributed by atoms with E-state index in [0.29, 0.717) is 0 Å². The Labute approximate surface area is 119 Å². The quantitative estimate of drug-likeness (QED) is 0.453. The second-order valence-corrected chi connectivity index (χ2v) is 4.21. The number of urea groups is 1. The molecular formula is C12H15N3O6. The number of aliphatic hydroxyl groups excluding tert-OH is 1. The number of rotatable bonds is 6. The minimum Gasteiger partial charge on any atom is -0.480 e. The van der Waals surface area contributed by atoms with Crippen molar-refractivity contribution < 1.29 is 24.7 Å². The number of carboxylic acids is 1. The molecule has 1 rings (SSSR count). The molecule has 0 heterocycles. The third-order valence-corrected chi connectivity index (χ3v) is 2.77. The summed E-state index contributed by atoms with van der Waals surface area (Å²) >= 11 is 0. The van der Waals surface area contributed by atoms with Crippen LogP contribution in [0.5, 0.6) is 0 Å². The molecule has 1 aromatic rings. The number of benzene rings is 1. The van der Waals surface area contributed by atoms with Crippen molar-refractivity contribution in [3.05, 3.63) is 33.9 Å². The van der Waals surface area contributed by atoms with E-state index in [1.807, 2.05) is 0 Å². The normalized spacial score (nSPS) is 11.5. The first-order valence-corrected chi connectivity index (χ1v) is 6.02. The lowest BCUT2D eigenvalue weighted by Gasteiger charge is -2.14. The van der Waals surface area contributed by atoms with E-state index in [-0.39, 0.29) is 23.4 Å². The zero-order chi connectivity index (χ0) is 16.0. The van der Waals surface area contributed by atoms with Crippen molar-refractivity contribution >= 4 is 23.4 Å². The minimum absolute atomic E-state index is 0.142. The Morgan fingerprint density at radius 3 is 2.62 bits per heavy atom. The average Bonchev–Trinajstić information content (AvgIpc) is 2.40. The van der Waals surface area contributed by atoms with Crippen molar-refractivity contribution in [3.63, 3.8) is 0 Å². The van der Waals surface area contributed by atoms with Gasteiger partial charge in [-0.1, -0.05) is 6.07 Å². The Hall–Kier alpha value is -2.68. The first kappa shape index (κ1) is 16.4. The summed E-state index contributed by atoms with van der Waals surface area (Å²) in [6.45, 7) is 1.07. The standard InChI is InChI=1S/C12H15N3O6/c1-7-8(3-2-4-10(7)15(20)21)13-12(19)14-9(5-6-16)11(17)18/h2-4,9,16H,5-6H2,1H3,(H,17,18)(H2,13,14,19)/t9-/m0/s1. The van der Waals surface area contributed by atoms with E-state index in [2.05, 4.69) is 10.6 Å². The van der Waals surface area contributed by atoms with Crippen LogP contribution in [0.25, 0.3) is 0 Å². The topological polar surface area (TPSA) is 142 Å². The fourth-order valence-corrected chi connectivity index (χ4v) is 1.66. The van der Waals surface area contributed by atoms with Gasteiger partial charge < -0.3 is 20.8 Å². The monoisotopic (exact) mass is 297 g/mol. The number of nitrogens with zero attached hydrogens (tertiary/aromatic N) is 1. The summed E-state index contributed by atoms with van der Waals surface area (Å²) in [5.41, 5.74) is 0.305. The van der Waals surface area contributed by atoms with E-state index in [1.54, 1.807) is 0 Å². The number of amides is 2. The summed E-state index contributed by atoms with van der Waals surface area (Å²) in [5, 5.41) is 32.9. The molecule has 0 radical (unpaired) electrons. The molecular weight excluding hydrogens is 282 g/mol. The highest BCUT2D eigenvalue weighted by molar-refractivity contribution is 5.93. The van der Waals surface area contributed by atoms with E-state index >= 15 is 0 Å². The second kappa shape index (κ2) is 7.20. The molecule has 0 aliphatic rings. The summed E-state index contributed by atoms with van der Waals surface area (Å²) < 4.78 is 0. The SMILES string of the molecule is Cc1c(NC(=O)N[C@@H](CCO)C(=O)O)cccc1[N+](=O)[O-]. The molecule has 0 aromatic heterocycles. The number of aliphatic hydroxyl groups is 1. The number of nitro benzene ring substituents is 1. The lowest BCUT2D eigenvalue weighted by molar-refractivity contribution is -0.385. The molecule has 1 aromatic carbocycles. The highest BCUT2D eigenvalue weighted by Gasteiger charge is 2.20. The Balaban J connectivity index is 2.82. The van der Waals surface area contributed by atoms with Crippen LogP contribution in [0.3, 0.4) is 0 Å². The highest BCUT2D eigenvalue weighted by Crippen LogP contribution is 2.24. The molecule has 9 heteroatoms. The van der Waals surface area contributed by atoms with Crippen LogP contribution in [0.4, 0.5) is 16.2 Å². The summed E-state index contributed by atoms with van der Waals surface area (Å²) in [4.78, 5) is 32.7. The van der Waals surface area contributed by atoms with Gasteiger partial charge in [0, 0.05) is 19.1 Å². The lowest BCUT2D eigenvalue weighted by atomic mass is 10.1. The molecule has 4 N–H and O–H groups in total. The van der Waals surface area contributed by atoms with Gasteiger partial charge in [-0.2, -0.15) is 0 Å². The van der Waals surface area contributed by atoms with Crippen LogP contribution in [0.1, 0.15) is 12.0 Å². The van der Waals surface area contributed by atoms with Gasteiger partial charge in [-0.3, -0.25) is 10.1 Å². The smallest absolute Gasteiger partial charge is 0.326 e. The molecule has 0 unspecified atom stereocenters. The fourth-order valence-electron chi connectivity index (χ4n) is 1.66. The summed E-state index contributed by atoms with van der Waals surface area (Å²) in [6.07, 6.45) is -0.142. The lowest BCUT2D eigenvalue weighted by Crippen LogP contribution is -2.43. The molecule has 0 aliphatic carbocycles. The van der Waals surface area contributed by atoms with Crippen LogP contribution in [-0.4, -0.2) is 39.8 Å². The van der Waals surface area contributed by atoms with Gasteiger partial charge in [0.1, 0.15) is 6.04 Å². The number of carboxylic acid groups (broad SMARTS) is 1. The maximum absolute atomic E-state index is 11.7. The van der Waals surface area contributed by atoms with Crippen molar-refractivity contribution in [1.82, 2.24) is 5.32 Å². The van der Waals surface area contributed by atoms with Crippen molar-refractivity contribution in [2.75, 3.05) is 11.9 Å².